The number of carboxylic acid groups (broad SMARTS) is 1. The van der Waals surface area contributed by atoms with Crippen LogP contribution in [0.4, 0.5) is 5.00 Å². The van der Waals surface area contributed by atoms with Gasteiger partial charge in [-0.1, -0.05) is 35.8 Å². The molecule has 4 fully saturated rings. The van der Waals surface area contributed by atoms with Gasteiger partial charge in [-0.05, 0) is 143 Å². The molecule has 4 aliphatic rings. The van der Waals surface area contributed by atoms with E-state index in [4.69, 9.17) is 60.9 Å². The van der Waals surface area contributed by atoms with Gasteiger partial charge >= 0.3 is 5.97 Å². The second-order valence-electron chi connectivity index (χ2n) is 22.4. The number of thiocarbonyl (C=S) groups is 2. The van der Waals surface area contributed by atoms with E-state index < -0.39 is 23.5 Å². The molecule has 0 radical (unpaired) electrons. The number of rotatable bonds is 18. The highest BCUT2D eigenvalue weighted by molar-refractivity contribution is 8.07. The van der Waals surface area contributed by atoms with E-state index in [0.717, 1.165) is 86.3 Å². The van der Waals surface area contributed by atoms with Crippen molar-refractivity contribution in [3.8, 4) is 21.1 Å². The first-order valence-electron chi connectivity index (χ1n) is 29.5. The third-order valence-corrected chi connectivity index (χ3v) is 23.7. The smallest absolute Gasteiger partial charge is 0.322 e. The maximum atomic E-state index is 13.9. The van der Waals surface area contributed by atoms with Crippen molar-refractivity contribution in [2.24, 2.45) is 23.3 Å². The van der Waals surface area contributed by atoms with Crippen LogP contribution >= 0.6 is 118 Å². The molecule has 2 aliphatic heterocycles. The van der Waals surface area contributed by atoms with Crippen molar-refractivity contribution in [1.29, 1.82) is 5.41 Å². The summed E-state index contributed by atoms with van der Waals surface area (Å²) in [5.41, 5.74) is 12.1. The van der Waals surface area contributed by atoms with Crippen molar-refractivity contribution < 1.29 is 33.8 Å². The molecule has 0 bridgehead atoms. The van der Waals surface area contributed by atoms with Crippen molar-refractivity contribution in [3.63, 3.8) is 0 Å². The molecule has 11 heterocycles. The Bertz CT molecular complexity index is 4010. The van der Waals surface area contributed by atoms with E-state index in [-0.39, 0.29) is 67.3 Å². The van der Waals surface area contributed by atoms with Crippen LogP contribution in [0.2, 0.25) is 0 Å². The average molecular weight is 1490 g/mol. The zero-order valence-electron chi connectivity index (χ0n) is 50.5. The fraction of sp³-hybridized carbons (Fsp3) is 0.433. The predicted molar refractivity (Wildman–Crippen MR) is 394 cm³/mol. The lowest BCUT2D eigenvalue weighted by Gasteiger charge is -2.31. The minimum atomic E-state index is -1.08. The van der Waals surface area contributed by atoms with Crippen LogP contribution in [-0.4, -0.2) is 147 Å². The van der Waals surface area contributed by atoms with Crippen LogP contribution in [-0.2, 0) is 52.8 Å². The Balaban J connectivity index is 0.000000192. The lowest BCUT2D eigenvalue weighted by atomic mass is 9.96. The molecule has 494 valence electrons. The second kappa shape index (κ2) is 34.6. The van der Waals surface area contributed by atoms with Gasteiger partial charge in [0.05, 0.1) is 25.3 Å². The van der Waals surface area contributed by atoms with E-state index in [1.54, 1.807) is 43.5 Å². The number of nitrogens with zero attached hydrogens (tertiary/aromatic N) is 9. The number of hydrogen-bond acceptors (Lipinski definition) is 26. The van der Waals surface area contributed by atoms with E-state index >= 15 is 0 Å². The molecule has 93 heavy (non-hydrogen) atoms. The summed E-state index contributed by atoms with van der Waals surface area (Å²) in [6.07, 6.45) is 17.6. The fourth-order valence-corrected chi connectivity index (χ4v) is 18.9. The summed E-state index contributed by atoms with van der Waals surface area (Å²) in [5.74, 6) is 0.991. The van der Waals surface area contributed by atoms with E-state index in [1.165, 1.54) is 70.2 Å². The SMILES string of the molecule is Cc1ncc(-c2nc(C(=N)C(N)=O)c(NCC(=O)O)s2)cn1.Cc1ncc(-c2nc3c(s2)c(C(N)=O)nn3CC(=O)N2CCCOC[C@H]2C(=S)CC2CCC(c3cc4sccc4s3)C2)cn1.Cl.S.S=C(CC1CCC(c2cc3sccc3s2)C1)[C@@H]1COCCCN1.S=S. The minimum Gasteiger partial charge on any atom is -0.480 e. The van der Waals surface area contributed by atoms with Crippen LogP contribution in [0.25, 0.3) is 50.3 Å². The molecule has 2 aliphatic carbocycles. The zero-order valence-corrected chi connectivity index (χ0v) is 60.5. The van der Waals surface area contributed by atoms with Crippen LogP contribution in [0.3, 0.4) is 0 Å². The van der Waals surface area contributed by atoms with Crippen LogP contribution < -0.4 is 22.1 Å². The van der Waals surface area contributed by atoms with Gasteiger partial charge in [0.1, 0.15) is 55.9 Å². The van der Waals surface area contributed by atoms with Gasteiger partial charge in [0.25, 0.3) is 11.8 Å². The van der Waals surface area contributed by atoms with Gasteiger partial charge in [0.2, 0.25) is 5.91 Å². The summed E-state index contributed by atoms with van der Waals surface area (Å²) < 4.78 is 19.3. The summed E-state index contributed by atoms with van der Waals surface area (Å²) >= 11 is 29.1. The number of carboxylic acids is 1. The number of carbonyl (C=O) groups is 4. The Labute approximate surface area is 594 Å². The topological polar surface area (TPSA) is 305 Å². The number of aromatic nitrogens is 8. The van der Waals surface area contributed by atoms with Crippen molar-refractivity contribution in [1.82, 2.24) is 49.9 Å². The molecule has 0 spiro atoms. The van der Waals surface area contributed by atoms with E-state index in [2.05, 4.69) is 98.1 Å². The lowest BCUT2D eigenvalue weighted by Crippen LogP contribution is -2.48. The highest BCUT2D eigenvalue weighted by Gasteiger charge is 2.35. The molecule has 3 amide bonds. The summed E-state index contributed by atoms with van der Waals surface area (Å²) in [4.78, 5) is 80.5. The molecule has 13 rings (SSSR count). The molecular formula is C60H69ClN14O7S11. The summed E-state index contributed by atoms with van der Waals surface area (Å²) in [6, 6.07) is 9.26. The van der Waals surface area contributed by atoms with Gasteiger partial charge < -0.3 is 41.6 Å². The van der Waals surface area contributed by atoms with Crippen LogP contribution in [0.15, 0.2) is 59.8 Å². The number of carbonyl (C=O) groups excluding carboxylic acids is 3. The minimum absolute atomic E-state index is 0. The molecule has 0 aromatic carbocycles. The molecule has 8 N–H and O–H groups in total. The maximum Gasteiger partial charge on any atom is 0.322 e. The van der Waals surface area contributed by atoms with Crippen molar-refractivity contribution >= 4 is 214 Å². The molecular weight excluding hydrogens is 1420 g/mol. The lowest BCUT2D eigenvalue weighted by molar-refractivity contribution is -0.135. The average Bonchev–Trinajstić information content (AvgIpc) is 1.65. The Morgan fingerprint density at radius 3 is 1.87 bits per heavy atom. The molecule has 2 saturated heterocycles. The summed E-state index contributed by atoms with van der Waals surface area (Å²) in [7, 11) is 0. The van der Waals surface area contributed by atoms with E-state index in [0.29, 0.717) is 80.8 Å². The number of thiophene rings is 4. The zero-order chi connectivity index (χ0) is 64.3. The van der Waals surface area contributed by atoms with Crippen molar-refractivity contribution in [2.75, 3.05) is 51.4 Å². The number of aliphatic carboxylic acids is 1. The van der Waals surface area contributed by atoms with Gasteiger partial charge in [0.15, 0.2) is 11.3 Å². The molecule has 2 saturated carbocycles. The molecule has 9 aromatic rings. The summed E-state index contributed by atoms with van der Waals surface area (Å²) in [6.45, 7) is 7.25. The van der Waals surface area contributed by atoms with Crippen LogP contribution in [0, 0.1) is 31.1 Å². The highest BCUT2D eigenvalue weighted by atomic mass is 35.5. The van der Waals surface area contributed by atoms with Crippen LogP contribution in [0.5, 0.6) is 0 Å². The van der Waals surface area contributed by atoms with Gasteiger partial charge in [-0.3, -0.25) is 24.6 Å². The molecule has 4 unspecified atom stereocenters. The number of primary amides is 2. The maximum absolute atomic E-state index is 13.9. The Hall–Kier alpha value is -5.30. The number of aryl methyl sites for hydroxylation is 2. The number of anilines is 1. The number of hydrogen-bond donors (Lipinski definition) is 6. The first kappa shape index (κ1) is 73.5. The fourth-order valence-electron chi connectivity index (χ4n) is 11.6. The molecule has 33 heteroatoms. The number of thiazole rings is 2. The van der Waals surface area contributed by atoms with Gasteiger partial charge in [0, 0.05) is 116 Å². The van der Waals surface area contributed by atoms with Gasteiger partial charge in [-0.25, -0.2) is 34.6 Å². The van der Waals surface area contributed by atoms with Gasteiger partial charge in [-0.2, -0.15) is 18.6 Å². The number of ether oxygens (including phenoxy) is 2. The monoisotopic (exact) mass is 1480 g/mol. The number of amides is 3. The number of nitrogens with one attached hydrogen (secondary N) is 3. The molecule has 9 aromatic heterocycles. The Morgan fingerprint density at radius 2 is 1.31 bits per heavy atom. The number of nitrogens with two attached hydrogens (primary N) is 2. The predicted octanol–water partition coefficient (Wildman–Crippen LogP) is 11.4. The quantitative estimate of drug-likeness (QED) is 0.0343. The van der Waals surface area contributed by atoms with Crippen LogP contribution in [0.1, 0.15) is 114 Å². The van der Waals surface area contributed by atoms with Crippen molar-refractivity contribution in [3.05, 3.63) is 92.6 Å². The summed E-state index contributed by atoms with van der Waals surface area (Å²) in [5, 5.41) is 32.7. The first-order valence-corrected chi connectivity index (χ1v) is 36.6. The number of fused-ring (bicyclic) bond motifs is 3. The third-order valence-electron chi connectivity index (χ3n) is 16.1. The van der Waals surface area contributed by atoms with Gasteiger partial charge in [-0.15, -0.1) is 69.1 Å². The highest BCUT2D eigenvalue weighted by Crippen LogP contribution is 2.47. The Morgan fingerprint density at radius 1 is 0.753 bits per heavy atom. The second-order valence-corrected chi connectivity index (χ2v) is 29.6. The normalized spacial score (nSPS) is 19.5. The Kier molecular flexibility index (Phi) is 27.3. The standard InChI is InChI=1S/C30H31N7O3S4.C18H23NOS3.C12H12N6O3S.ClH.S2.H2S/c1-16-32-12-19(13-33-16)30-34-29-27(44-30)26(28(31)39)35-37(29)14-25(38)36-6-2-7-40-15-20(36)21(41)10-17-3-4-18(9-17)23-11-24-22(43-23)5-8-42-24;21-15(14-11-20-6-1-5-19-14)9-12-2-3-13(8-12)17-10-18-16(23-17)4-7-22-18;1-5-15-2-6(3-16-5)11-18-9(8(13)10(14)21)12(22-11)17-4-7(19)20;;1-2;/h5,8,11-13,17-18,20H,2-4,6-7,9-10,14-15H2,1H3,(H2,31,39);4,7,10,12-14,19H,1-3,5-6,8-9,11H2;2-3,13,17H,4H2,1H3,(H2,14,21)(H,19,20);1H;;1H2/t17?,18?,20-;12?,13?,14-;;;;/m00..../s1. The molecule has 6 atom stereocenters. The first-order chi connectivity index (χ1) is 44.0. The molecule has 21 nitrogen and oxygen atoms in total. The van der Waals surface area contributed by atoms with E-state index in [9.17, 15) is 19.2 Å². The largest absolute Gasteiger partial charge is 0.480 e. The number of halogens is 1. The third kappa shape index (κ3) is 18.6. The van der Waals surface area contributed by atoms with E-state index in [1.807, 2.05) is 50.2 Å². The van der Waals surface area contributed by atoms with Crippen molar-refractivity contribution in [2.45, 2.75) is 109 Å².